The van der Waals surface area contributed by atoms with Gasteiger partial charge >= 0.3 is 5.97 Å². The van der Waals surface area contributed by atoms with Crippen LogP contribution in [0.15, 0.2) is 40.5 Å². The summed E-state index contributed by atoms with van der Waals surface area (Å²) in [5.74, 6) is -0.189. The molecule has 0 bridgehead atoms. The van der Waals surface area contributed by atoms with Crippen LogP contribution in [0.25, 0.3) is 0 Å². The SMILES string of the molecule is CC1=C(C(=O)OCc2ccc([N+](=O)[O-])cc2)N2C(=O)[C@@H](N=CN(C)C)[C@@H]2SC1.Cl. The molecule has 0 aromatic heterocycles. The lowest BCUT2D eigenvalue weighted by molar-refractivity contribution is -0.384. The van der Waals surface area contributed by atoms with Gasteiger partial charge in [-0.1, -0.05) is 0 Å². The number of carbonyl (C=O) groups excluding carboxylic acids is 2. The van der Waals surface area contributed by atoms with E-state index < -0.39 is 16.9 Å². The van der Waals surface area contributed by atoms with Crippen LogP contribution < -0.4 is 0 Å². The first-order valence-electron chi connectivity index (χ1n) is 8.54. The molecular weight excluding hydrogens is 420 g/mol. The number of thioether (sulfide) groups is 1. The topological polar surface area (TPSA) is 105 Å². The minimum absolute atomic E-state index is 0. The molecule has 11 heteroatoms. The summed E-state index contributed by atoms with van der Waals surface area (Å²) in [6, 6.07) is 5.28. The zero-order chi connectivity index (χ0) is 20.4. The molecular formula is C18H21ClN4O5S. The number of carbonyl (C=O) groups is 2. The van der Waals surface area contributed by atoms with E-state index in [9.17, 15) is 19.7 Å². The molecule has 2 aliphatic rings. The zero-order valence-electron chi connectivity index (χ0n) is 16.1. The zero-order valence-corrected chi connectivity index (χ0v) is 17.7. The van der Waals surface area contributed by atoms with Gasteiger partial charge in [0.05, 0.1) is 11.3 Å². The molecule has 2 aliphatic heterocycles. The predicted octanol–water partition coefficient (Wildman–Crippen LogP) is 2.21. The first-order valence-corrected chi connectivity index (χ1v) is 9.59. The Hall–Kier alpha value is -2.59. The molecule has 0 saturated carbocycles. The predicted molar refractivity (Wildman–Crippen MR) is 112 cm³/mol. The number of aliphatic imine (C=N–C) groups is 1. The summed E-state index contributed by atoms with van der Waals surface area (Å²) in [5.41, 5.74) is 1.64. The maximum Gasteiger partial charge on any atom is 0.355 e. The van der Waals surface area contributed by atoms with E-state index in [2.05, 4.69) is 4.99 Å². The van der Waals surface area contributed by atoms with Crippen LogP contribution in [0.5, 0.6) is 0 Å². The van der Waals surface area contributed by atoms with Crippen LogP contribution in [0, 0.1) is 10.1 Å². The van der Waals surface area contributed by atoms with Gasteiger partial charge in [-0.15, -0.1) is 24.2 Å². The Morgan fingerprint density at radius 2 is 2.07 bits per heavy atom. The molecule has 0 N–H and O–H groups in total. The molecule has 1 aromatic carbocycles. The number of nitro groups is 1. The van der Waals surface area contributed by atoms with Crippen molar-refractivity contribution >= 4 is 48.1 Å². The highest BCUT2D eigenvalue weighted by Crippen LogP contribution is 2.41. The van der Waals surface area contributed by atoms with Crippen molar-refractivity contribution in [1.82, 2.24) is 9.80 Å². The van der Waals surface area contributed by atoms with Crippen molar-refractivity contribution in [3.8, 4) is 0 Å². The van der Waals surface area contributed by atoms with Crippen molar-refractivity contribution < 1.29 is 19.2 Å². The van der Waals surface area contributed by atoms with Gasteiger partial charge in [0.2, 0.25) is 0 Å². The number of halogens is 1. The third-order valence-electron chi connectivity index (χ3n) is 4.30. The van der Waals surface area contributed by atoms with E-state index in [1.54, 1.807) is 29.9 Å². The minimum atomic E-state index is -0.579. The van der Waals surface area contributed by atoms with Crippen molar-refractivity contribution in [2.75, 3.05) is 19.8 Å². The standard InChI is InChI=1S/C18H20N4O5S.ClH/c1-11-9-28-17-14(19-10-20(2)3)16(23)21(17)15(11)18(24)27-8-12-4-6-13(7-5-12)22(25)26;/h4-7,10,14,17H,8-9H2,1-3H3;1H/t14-,17+;/m1./s1. The Labute approximate surface area is 178 Å². The van der Waals surface area contributed by atoms with Gasteiger partial charge in [0.25, 0.3) is 11.6 Å². The summed E-state index contributed by atoms with van der Waals surface area (Å²) in [6.45, 7) is 1.77. The largest absolute Gasteiger partial charge is 0.456 e. The van der Waals surface area contributed by atoms with Gasteiger partial charge in [0.1, 0.15) is 17.7 Å². The molecule has 0 aliphatic carbocycles. The molecule has 1 amide bonds. The molecule has 156 valence electrons. The van der Waals surface area contributed by atoms with Crippen LogP contribution in [0.1, 0.15) is 12.5 Å². The molecule has 1 fully saturated rings. The lowest BCUT2D eigenvalue weighted by Crippen LogP contribution is -2.64. The summed E-state index contributed by atoms with van der Waals surface area (Å²) in [4.78, 5) is 42.9. The molecule has 1 aromatic rings. The maximum absolute atomic E-state index is 12.6. The van der Waals surface area contributed by atoms with Crippen molar-refractivity contribution in [2.45, 2.75) is 24.9 Å². The van der Waals surface area contributed by atoms with Crippen molar-refractivity contribution in [3.63, 3.8) is 0 Å². The number of esters is 1. The Bertz CT molecular complexity index is 872. The van der Waals surface area contributed by atoms with Gasteiger partial charge < -0.3 is 9.64 Å². The number of β-lactam (4-membered cyclic amide) rings is 1. The molecule has 0 radical (unpaired) electrons. The van der Waals surface area contributed by atoms with E-state index in [0.717, 1.165) is 5.57 Å². The highest BCUT2D eigenvalue weighted by Gasteiger charge is 2.53. The second-order valence-corrected chi connectivity index (χ2v) is 7.82. The second kappa shape index (κ2) is 9.27. The van der Waals surface area contributed by atoms with Crippen LogP contribution in [0.2, 0.25) is 0 Å². The summed E-state index contributed by atoms with van der Waals surface area (Å²) >= 11 is 1.57. The first kappa shape index (κ1) is 22.7. The Morgan fingerprint density at radius 3 is 2.66 bits per heavy atom. The molecule has 3 rings (SSSR count). The van der Waals surface area contributed by atoms with E-state index in [1.807, 2.05) is 14.1 Å². The lowest BCUT2D eigenvalue weighted by atomic mass is 10.0. The Kier molecular flexibility index (Phi) is 7.26. The highest BCUT2D eigenvalue weighted by molar-refractivity contribution is 8.00. The number of non-ortho nitro benzene ring substituents is 1. The van der Waals surface area contributed by atoms with E-state index in [1.165, 1.54) is 29.2 Å². The number of amides is 1. The van der Waals surface area contributed by atoms with E-state index in [4.69, 9.17) is 4.74 Å². The summed E-state index contributed by atoms with van der Waals surface area (Å²) < 4.78 is 5.36. The monoisotopic (exact) mass is 440 g/mol. The van der Waals surface area contributed by atoms with Gasteiger partial charge in [-0.25, -0.2) is 4.79 Å². The normalized spacial score (nSPS) is 20.7. The average Bonchev–Trinajstić information content (AvgIpc) is 2.66. The molecule has 2 atom stereocenters. The highest BCUT2D eigenvalue weighted by atomic mass is 35.5. The summed E-state index contributed by atoms with van der Waals surface area (Å²) in [7, 11) is 3.65. The average molecular weight is 441 g/mol. The molecule has 29 heavy (non-hydrogen) atoms. The fraction of sp³-hybridized carbons (Fsp3) is 0.389. The van der Waals surface area contributed by atoms with Crippen molar-refractivity contribution in [1.29, 1.82) is 0 Å². The number of nitrogens with zero attached hydrogens (tertiary/aromatic N) is 4. The van der Waals surface area contributed by atoms with E-state index >= 15 is 0 Å². The number of fused-ring (bicyclic) bond motifs is 1. The number of nitro benzene ring substituents is 1. The van der Waals surface area contributed by atoms with Crippen molar-refractivity contribution in [2.24, 2.45) is 4.99 Å². The Morgan fingerprint density at radius 1 is 1.41 bits per heavy atom. The summed E-state index contributed by atoms with van der Waals surface area (Å²) in [6.07, 6.45) is 1.60. The van der Waals surface area contributed by atoms with E-state index in [0.29, 0.717) is 11.3 Å². The first-order chi connectivity index (χ1) is 13.3. The number of benzene rings is 1. The van der Waals surface area contributed by atoms with Crippen molar-refractivity contribution in [3.05, 3.63) is 51.2 Å². The smallest absolute Gasteiger partial charge is 0.355 e. The number of hydrogen-bond acceptors (Lipinski definition) is 7. The maximum atomic E-state index is 12.6. The third kappa shape index (κ3) is 4.70. The van der Waals surface area contributed by atoms with E-state index in [-0.39, 0.29) is 41.7 Å². The van der Waals surface area contributed by atoms with Gasteiger partial charge in [-0.3, -0.25) is 24.8 Å². The van der Waals surface area contributed by atoms with Gasteiger partial charge in [-0.05, 0) is 30.2 Å². The molecule has 0 spiro atoms. The van der Waals surface area contributed by atoms with Crippen LogP contribution >= 0.6 is 24.2 Å². The van der Waals surface area contributed by atoms with Crippen LogP contribution in [0.4, 0.5) is 5.69 Å². The third-order valence-corrected chi connectivity index (χ3v) is 5.71. The van der Waals surface area contributed by atoms with Crippen LogP contribution in [-0.2, 0) is 20.9 Å². The van der Waals surface area contributed by atoms with Crippen LogP contribution in [-0.4, -0.2) is 64.2 Å². The van der Waals surface area contributed by atoms with Gasteiger partial charge in [0, 0.05) is 32.0 Å². The number of hydrogen-bond donors (Lipinski definition) is 0. The Balaban J connectivity index is 0.00000300. The summed E-state index contributed by atoms with van der Waals surface area (Å²) in [5, 5.41) is 10.5. The quantitative estimate of drug-likeness (QED) is 0.167. The second-order valence-electron chi connectivity index (χ2n) is 6.71. The molecule has 1 saturated heterocycles. The van der Waals surface area contributed by atoms with Crippen LogP contribution in [0.3, 0.4) is 0 Å². The number of rotatable bonds is 6. The van der Waals surface area contributed by atoms with Gasteiger partial charge in [0.15, 0.2) is 6.04 Å². The number of ether oxygens (including phenoxy) is 1. The molecule has 9 nitrogen and oxygen atoms in total. The molecule has 0 unspecified atom stereocenters. The molecule has 2 heterocycles. The van der Waals surface area contributed by atoms with Gasteiger partial charge in [-0.2, -0.15) is 0 Å². The minimum Gasteiger partial charge on any atom is -0.456 e. The lowest BCUT2D eigenvalue weighted by Gasteiger charge is -2.47. The fourth-order valence-corrected chi connectivity index (χ4v) is 4.17. The fourth-order valence-electron chi connectivity index (χ4n) is 2.88.